The summed E-state index contributed by atoms with van der Waals surface area (Å²) in [4.78, 5) is 13.5. The maximum absolute atomic E-state index is 13.5. The lowest BCUT2D eigenvalue weighted by atomic mass is 9.96. The van der Waals surface area contributed by atoms with Gasteiger partial charge in [-0.05, 0) is 44.9 Å². The monoisotopic (exact) mass is 1530 g/mol. The number of nitrogens with one attached hydrogen (secondary N) is 1. The van der Waals surface area contributed by atoms with Crippen LogP contribution in [-0.4, -0.2) is 193 Å². The molecule has 1 amide bonds. The Labute approximate surface area is 651 Å². The van der Waals surface area contributed by atoms with Crippen LogP contribution < -0.4 is 5.32 Å². The van der Waals surface area contributed by atoms with Gasteiger partial charge >= 0.3 is 0 Å². The van der Waals surface area contributed by atoms with Crippen molar-refractivity contribution >= 4 is 5.91 Å². The van der Waals surface area contributed by atoms with E-state index in [4.69, 9.17) is 28.4 Å². The summed E-state index contributed by atoms with van der Waals surface area (Å²) in [5, 5.41) is 121. The van der Waals surface area contributed by atoms with E-state index < -0.39 is 124 Å². The van der Waals surface area contributed by atoms with Crippen molar-refractivity contribution < 1.29 is 89.4 Å². The summed E-state index contributed by atoms with van der Waals surface area (Å²) < 4.78 is 34.6. The van der Waals surface area contributed by atoms with Crippen molar-refractivity contribution in [3.05, 3.63) is 24.3 Å². The third-order valence-corrected chi connectivity index (χ3v) is 22.8. The predicted octanol–water partition coefficient (Wildman–Crippen LogP) is 16.9. The predicted molar refractivity (Wildman–Crippen MR) is 430 cm³/mol. The van der Waals surface area contributed by atoms with Gasteiger partial charge in [0.15, 0.2) is 18.9 Å². The lowest BCUT2D eigenvalue weighted by Crippen LogP contribution is -2.66. The number of rotatable bonds is 74. The van der Waals surface area contributed by atoms with Crippen LogP contribution in [0.3, 0.4) is 0 Å². The average molecular weight is 1530 g/mol. The van der Waals surface area contributed by atoms with Crippen LogP contribution in [0.5, 0.6) is 0 Å². The first-order valence-corrected chi connectivity index (χ1v) is 45.1. The van der Waals surface area contributed by atoms with Crippen LogP contribution in [0.25, 0.3) is 0 Å². The van der Waals surface area contributed by atoms with E-state index in [1.807, 2.05) is 0 Å². The number of amides is 1. The van der Waals surface area contributed by atoms with E-state index in [-0.39, 0.29) is 18.9 Å². The number of unbranched alkanes of at least 4 members (excludes halogenated alkanes) is 54. The number of allylic oxidation sites excluding steroid dienone is 4. The van der Waals surface area contributed by atoms with E-state index in [1.165, 1.54) is 315 Å². The van der Waals surface area contributed by atoms with Crippen molar-refractivity contribution in [3.63, 3.8) is 0 Å². The van der Waals surface area contributed by atoms with Crippen molar-refractivity contribution in [2.24, 2.45) is 0 Å². The molecule has 0 aromatic carbocycles. The number of aliphatic hydroxyl groups is 11. The van der Waals surface area contributed by atoms with Crippen LogP contribution in [0.1, 0.15) is 399 Å². The van der Waals surface area contributed by atoms with Gasteiger partial charge in [0.25, 0.3) is 0 Å². The normalized spacial score (nSPS) is 25.6. The van der Waals surface area contributed by atoms with Gasteiger partial charge in [-0.2, -0.15) is 0 Å². The molecule has 0 spiro atoms. The van der Waals surface area contributed by atoms with Gasteiger partial charge in [-0.1, -0.05) is 372 Å². The molecule has 107 heavy (non-hydrogen) atoms. The summed E-state index contributed by atoms with van der Waals surface area (Å²) in [5.41, 5.74) is 0. The number of carbonyl (C=O) groups excluding carboxylic acids is 1. The lowest BCUT2D eigenvalue weighted by Gasteiger charge is -2.48. The fourth-order valence-corrected chi connectivity index (χ4v) is 15.6. The van der Waals surface area contributed by atoms with Gasteiger partial charge in [-0.3, -0.25) is 4.79 Å². The van der Waals surface area contributed by atoms with E-state index in [1.54, 1.807) is 0 Å². The SMILES string of the molecule is CCCCCCC/C=C\C/C=C\CCCCCCCCCCCCCCCCCCCCCCCCCCCCCC(=O)NC(COC1OC(CO)C(OC2OC(CO)C(OC3OC(CO)C(O)C(O)C3O)C(O)C2O)C(O)C1O)C(O)CCCCCCCCCCCCCCCCCCCCCCCCC. The summed E-state index contributed by atoms with van der Waals surface area (Å²) in [6.45, 7) is 1.86. The highest BCUT2D eigenvalue weighted by atomic mass is 16.8. The fourth-order valence-electron chi connectivity index (χ4n) is 15.6. The number of hydrogen-bond donors (Lipinski definition) is 12. The summed E-state index contributed by atoms with van der Waals surface area (Å²) >= 11 is 0. The Morgan fingerprint density at radius 2 is 0.617 bits per heavy atom. The van der Waals surface area contributed by atoms with Crippen LogP contribution in [0.4, 0.5) is 0 Å². The van der Waals surface area contributed by atoms with Gasteiger partial charge in [0.05, 0.1) is 38.6 Å². The maximum atomic E-state index is 13.5. The minimum Gasteiger partial charge on any atom is -0.394 e. The fraction of sp³-hybridized carbons (Fsp3) is 0.943. The lowest BCUT2D eigenvalue weighted by molar-refractivity contribution is -0.379. The van der Waals surface area contributed by atoms with Crippen molar-refractivity contribution in [1.29, 1.82) is 0 Å². The highest BCUT2D eigenvalue weighted by molar-refractivity contribution is 5.76. The number of ether oxygens (including phenoxy) is 6. The molecule has 0 saturated carbocycles. The molecular formula is C88H167NO18. The summed E-state index contributed by atoms with van der Waals surface area (Å²) in [7, 11) is 0. The number of aliphatic hydroxyl groups excluding tert-OH is 11. The molecule has 12 N–H and O–H groups in total. The van der Waals surface area contributed by atoms with Gasteiger partial charge in [0.1, 0.15) is 73.2 Å². The van der Waals surface area contributed by atoms with Crippen LogP contribution in [0.15, 0.2) is 24.3 Å². The maximum Gasteiger partial charge on any atom is 0.220 e. The molecule has 3 aliphatic rings. The van der Waals surface area contributed by atoms with Crippen molar-refractivity contribution in [2.45, 2.75) is 503 Å². The van der Waals surface area contributed by atoms with E-state index >= 15 is 0 Å². The van der Waals surface area contributed by atoms with E-state index in [2.05, 4.69) is 43.5 Å². The molecule has 632 valence electrons. The molecule has 3 heterocycles. The van der Waals surface area contributed by atoms with E-state index in [0.29, 0.717) is 12.8 Å². The topological polar surface area (TPSA) is 307 Å². The average Bonchev–Trinajstić information content (AvgIpc) is 0.781. The molecule has 0 bridgehead atoms. The van der Waals surface area contributed by atoms with Gasteiger partial charge in [-0.15, -0.1) is 0 Å². The minimum atomic E-state index is -1.97. The smallest absolute Gasteiger partial charge is 0.220 e. The molecule has 17 unspecified atom stereocenters. The Kier molecular flexibility index (Phi) is 63.8. The van der Waals surface area contributed by atoms with Crippen molar-refractivity contribution in [3.8, 4) is 0 Å². The molecular weight excluding hydrogens is 1360 g/mol. The van der Waals surface area contributed by atoms with Crippen molar-refractivity contribution in [1.82, 2.24) is 5.32 Å². The molecule has 3 saturated heterocycles. The van der Waals surface area contributed by atoms with E-state index in [9.17, 15) is 61.0 Å². The zero-order valence-corrected chi connectivity index (χ0v) is 68.2. The molecule has 19 heteroatoms. The van der Waals surface area contributed by atoms with Crippen LogP contribution >= 0.6 is 0 Å². The van der Waals surface area contributed by atoms with E-state index in [0.717, 1.165) is 51.4 Å². The first kappa shape index (κ1) is 99.5. The zero-order valence-electron chi connectivity index (χ0n) is 68.2. The molecule has 3 rings (SSSR count). The number of hydrogen-bond acceptors (Lipinski definition) is 18. The summed E-state index contributed by atoms with van der Waals surface area (Å²) in [5.74, 6) is -0.233. The molecule has 3 fully saturated rings. The first-order valence-electron chi connectivity index (χ1n) is 45.1. The Morgan fingerprint density at radius 3 is 0.953 bits per heavy atom. The highest BCUT2D eigenvalue weighted by Gasteiger charge is 2.54. The van der Waals surface area contributed by atoms with Crippen LogP contribution in [0, 0.1) is 0 Å². The second kappa shape index (κ2) is 68.7. The molecule has 0 aliphatic carbocycles. The van der Waals surface area contributed by atoms with Gasteiger partial charge in [0, 0.05) is 6.42 Å². The van der Waals surface area contributed by atoms with Gasteiger partial charge in [0.2, 0.25) is 5.91 Å². The molecule has 19 nitrogen and oxygen atoms in total. The Hall–Kier alpha value is -1.73. The second-order valence-electron chi connectivity index (χ2n) is 32.4. The quantitative estimate of drug-likeness (QED) is 0.0199. The van der Waals surface area contributed by atoms with Crippen LogP contribution in [-0.2, 0) is 33.2 Å². The Bertz CT molecular complexity index is 2020. The first-order chi connectivity index (χ1) is 52.3. The third kappa shape index (κ3) is 47.7. The highest BCUT2D eigenvalue weighted by Crippen LogP contribution is 2.34. The molecule has 0 aromatic heterocycles. The molecule has 0 radical (unpaired) electrons. The minimum absolute atomic E-state index is 0.233. The molecule has 3 aliphatic heterocycles. The van der Waals surface area contributed by atoms with Gasteiger partial charge < -0.3 is 89.9 Å². The Balaban J connectivity index is 1.29. The van der Waals surface area contributed by atoms with Gasteiger partial charge in [-0.25, -0.2) is 0 Å². The third-order valence-electron chi connectivity index (χ3n) is 22.8. The largest absolute Gasteiger partial charge is 0.394 e. The number of carbonyl (C=O) groups is 1. The summed E-state index contributed by atoms with van der Waals surface area (Å²) in [6, 6.07) is -0.886. The standard InChI is InChI=1S/C88H167NO18/c1-3-5-7-9-11-13-15-17-19-21-23-25-27-28-29-30-31-32-33-34-35-36-37-38-39-40-41-42-44-46-48-50-52-54-56-58-60-62-64-66-76(94)89-71(72(93)65-63-61-59-57-55-53-51-49-47-45-43-26-24-22-20-18-16-14-12-10-8-6-4-2)70-102-86-82(100)79(97)84(74(68-91)104-86)107-88-83(101)80(98)85(75(69-92)105-88)106-87-81(99)78(96)77(95)73(67-90)103-87/h15,17,21,23,71-75,77-88,90-93,95-101H,3-14,16,18-20,22,24-70H2,1-2H3,(H,89,94)/b17-15-,23-21-. The van der Waals surface area contributed by atoms with Crippen LogP contribution in [0.2, 0.25) is 0 Å². The second-order valence-corrected chi connectivity index (χ2v) is 32.4. The zero-order chi connectivity index (χ0) is 77.4. The van der Waals surface area contributed by atoms with Crippen molar-refractivity contribution in [2.75, 3.05) is 26.4 Å². The summed E-state index contributed by atoms with van der Waals surface area (Å²) in [6.07, 6.45) is 58.7. The Morgan fingerprint density at radius 1 is 0.336 bits per heavy atom. The molecule has 17 atom stereocenters. The molecule has 0 aromatic rings.